The number of aromatic hydroxyl groups is 1. The van der Waals surface area contributed by atoms with Gasteiger partial charge in [0.05, 0.1) is 29.7 Å². The van der Waals surface area contributed by atoms with Crippen LogP contribution < -0.4 is 25.6 Å². The third-order valence-corrected chi connectivity index (χ3v) is 6.65. The molecule has 0 unspecified atom stereocenters. The predicted molar refractivity (Wildman–Crippen MR) is 154 cm³/mol. The van der Waals surface area contributed by atoms with E-state index in [2.05, 4.69) is 50.3 Å². The number of hydrogen-bond acceptors (Lipinski definition) is 9. The molecule has 2 heterocycles. The quantitative estimate of drug-likeness (QED) is 0.286. The van der Waals surface area contributed by atoms with Crippen LogP contribution in [0.4, 0.5) is 28.6 Å². The van der Waals surface area contributed by atoms with Crippen molar-refractivity contribution in [1.82, 2.24) is 9.88 Å². The smallest absolute Gasteiger partial charge is 0.247 e. The molecule has 1 aliphatic heterocycles. The van der Waals surface area contributed by atoms with Crippen molar-refractivity contribution in [2.45, 2.75) is 13.5 Å². The first-order valence-corrected chi connectivity index (χ1v) is 12.8. The predicted octanol–water partition coefficient (Wildman–Crippen LogP) is 4.29. The molecule has 0 radical (unpaired) electrons. The van der Waals surface area contributed by atoms with Gasteiger partial charge in [-0.2, -0.15) is 5.26 Å². The van der Waals surface area contributed by atoms with E-state index in [1.807, 2.05) is 18.2 Å². The molecule has 0 aliphatic carbocycles. The number of likely N-dealkylation sites (N-methyl/N-ethyl adjacent to an activating group) is 1. The van der Waals surface area contributed by atoms with Gasteiger partial charge in [-0.25, -0.2) is 4.98 Å². The van der Waals surface area contributed by atoms with Gasteiger partial charge in [-0.05, 0) is 48.5 Å². The van der Waals surface area contributed by atoms with Gasteiger partial charge in [0.15, 0.2) is 11.5 Å². The number of benzene rings is 2. The Kier molecular flexibility index (Phi) is 8.86. The van der Waals surface area contributed by atoms with E-state index in [9.17, 15) is 15.2 Å². The highest BCUT2D eigenvalue weighted by molar-refractivity contribution is 6.02. The average molecular weight is 528 g/mol. The van der Waals surface area contributed by atoms with Crippen molar-refractivity contribution in [3.63, 3.8) is 0 Å². The zero-order chi connectivity index (χ0) is 27.8. The largest absolute Gasteiger partial charge is 0.504 e. The van der Waals surface area contributed by atoms with E-state index in [0.29, 0.717) is 40.7 Å². The Labute approximate surface area is 228 Å². The summed E-state index contributed by atoms with van der Waals surface area (Å²) in [6.45, 7) is 11.0. The van der Waals surface area contributed by atoms with Crippen LogP contribution in [0.25, 0.3) is 0 Å². The van der Waals surface area contributed by atoms with Crippen LogP contribution in [0.5, 0.6) is 11.5 Å². The number of nitrogens with zero attached hydrogens (tertiary/aromatic N) is 4. The van der Waals surface area contributed by atoms with Gasteiger partial charge < -0.3 is 35.6 Å². The van der Waals surface area contributed by atoms with E-state index < -0.39 is 0 Å². The number of pyridine rings is 1. The number of anilines is 5. The maximum Gasteiger partial charge on any atom is 0.247 e. The highest BCUT2D eigenvalue weighted by atomic mass is 16.5. The number of piperazine rings is 1. The maximum atomic E-state index is 12.2. The summed E-state index contributed by atoms with van der Waals surface area (Å²) in [6, 6.07) is 14.9. The molecule has 10 nitrogen and oxygen atoms in total. The van der Waals surface area contributed by atoms with E-state index >= 15 is 0 Å². The molecule has 0 spiro atoms. The molecule has 39 heavy (non-hydrogen) atoms. The lowest BCUT2D eigenvalue weighted by atomic mass is 10.1. The van der Waals surface area contributed by atoms with Gasteiger partial charge in [-0.3, -0.25) is 4.79 Å². The molecule has 2 aromatic carbocycles. The number of ether oxygens (including phenoxy) is 1. The summed E-state index contributed by atoms with van der Waals surface area (Å²) in [5.41, 5.74) is 4.12. The minimum Gasteiger partial charge on any atom is -0.504 e. The highest BCUT2D eigenvalue weighted by Gasteiger charge is 2.18. The van der Waals surface area contributed by atoms with Crippen LogP contribution in [0.2, 0.25) is 0 Å². The number of phenolic OH excluding ortho intramolecular Hbond substituents is 1. The van der Waals surface area contributed by atoms with Gasteiger partial charge in [0.1, 0.15) is 11.9 Å². The fraction of sp³-hybridized carbons (Fsp3) is 0.276. The van der Waals surface area contributed by atoms with Crippen LogP contribution in [0, 0.1) is 11.3 Å². The maximum absolute atomic E-state index is 12.2. The minimum absolute atomic E-state index is 0.0583. The van der Waals surface area contributed by atoms with Gasteiger partial charge in [-0.1, -0.05) is 19.6 Å². The third-order valence-electron chi connectivity index (χ3n) is 6.65. The standard InChI is InChI=1S/C29H33N7O3/c1-4-29(38)34-25-15-22(36-12-10-35(5-2)11-13-36)7-8-23(25)33-28-16-24(21(17-30)19-32-28)31-18-20-6-9-26(37)27(14-20)39-3/h4,6-9,14-16,19,37H,1,5,10-13,18H2,2-3H3,(H,34,38)(H2,31,32,33). The first-order valence-electron chi connectivity index (χ1n) is 12.8. The summed E-state index contributed by atoms with van der Waals surface area (Å²) >= 11 is 0. The summed E-state index contributed by atoms with van der Waals surface area (Å²) in [4.78, 5) is 21.3. The van der Waals surface area contributed by atoms with Gasteiger partial charge in [-0.15, -0.1) is 0 Å². The van der Waals surface area contributed by atoms with Crippen molar-refractivity contribution in [2.24, 2.45) is 0 Å². The Morgan fingerprint density at radius 3 is 2.64 bits per heavy atom. The second kappa shape index (κ2) is 12.7. The third kappa shape index (κ3) is 6.77. The van der Waals surface area contributed by atoms with Crippen molar-refractivity contribution >= 4 is 34.5 Å². The van der Waals surface area contributed by atoms with Gasteiger partial charge in [0, 0.05) is 50.7 Å². The Morgan fingerprint density at radius 1 is 1.15 bits per heavy atom. The molecule has 4 N–H and O–H groups in total. The molecule has 1 aliphatic rings. The number of methoxy groups -OCH3 is 1. The average Bonchev–Trinajstić information content (AvgIpc) is 2.97. The number of amides is 1. The number of nitriles is 1. The molecule has 3 aromatic rings. The summed E-state index contributed by atoms with van der Waals surface area (Å²) < 4.78 is 5.18. The molecule has 10 heteroatoms. The first kappa shape index (κ1) is 27.3. The van der Waals surface area contributed by atoms with Gasteiger partial charge in [0.2, 0.25) is 5.91 Å². The van der Waals surface area contributed by atoms with Crippen molar-refractivity contribution in [3.8, 4) is 17.6 Å². The van der Waals surface area contributed by atoms with E-state index in [1.54, 1.807) is 24.3 Å². The number of hydrogen-bond donors (Lipinski definition) is 4. The fourth-order valence-corrected chi connectivity index (χ4v) is 4.37. The van der Waals surface area contributed by atoms with Crippen LogP contribution in [-0.2, 0) is 11.3 Å². The Hall–Kier alpha value is -4.75. The van der Waals surface area contributed by atoms with E-state index in [0.717, 1.165) is 44.0 Å². The molecule has 0 saturated carbocycles. The molecule has 0 atom stereocenters. The Bertz CT molecular complexity index is 1380. The monoisotopic (exact) mass is 527 g/mol. The van der Waals surface area contributed by atoms with E-state index in [-0.39, 0.29) is 11.7 Å². The molecule has 1 saturated heterocycles. The zero-order valence-corrected chi connectivity index (χ0v) is 22.2. The Balaban J connectivity index is 1.55. The minimum atomic E-state index is -0.314. The summed E-state index contributed by atoms with van der Waals surface area (Å²) in [5.74, 6) is 0.614. The first-order chi connectivity index (χ1) is 18.9. The Morgan fingerprint density at radius 2 is 1.95 bits per heavy atom. The summed E-state index contributed by atoms with van der Waals surface area (Å²) in [5, 5.41) is 28.9. The second-order valence-electron chi connectivity index (χ2n) is 9.06. The molecule has 0 bridgehead atoms. The van der Waals surface area contributed by atoms with Crippen LogP contribution in [0.15, 0.2) is 61.3 Å². The number of nitrogens with one attached hydrogen (secondary N) is 3. The number of carbonyl (C=O) groups is 1. The van der Waals surface area contributed by atoms with E-state index in [1.165, 1.54) is 19.4 Å². The second-order valence-corrected chi connectivity index (χ2v) is 9.06. The zero-order valence-electron chi connectivity index (χ0n) is 22.2. The van der Waals surface area contributed by atoms with Gasteiger partial charge >= 0.3 is 0 Å². The number of phenols is 1. The molecular weight excluding hydrogens is 494 g/mol. The molecule has 202 valence electrons. The normalized spacial score (nSPS) is 13.3. The van der Waals surface area contributed by atoms with Crippen molar-refractivity contribution in [3.05, 3.63) is 72.4 Å². The lowest BCUT2D eigenvalue weighted by Gasteiger charge is -2.35. The highest BCUT2D eigenvalue weighted by Crippen LogP contribution is 2.32. The van der Waals surface area contributed by atoms with Crippen molar-refractivity contribution in [1.29, 1.82) is 5.26 Å². The fourth-order valence-electron chi connectivity index (χ4n) is 4.37. The summed E-state index contributed by atoms with van der Waals surface area (Å²) in [7, 11) is 1.49. The summed E-state index contributed by atoms with van der Waals surface area (Å²) in [6.07, 6.45) is 2.72. The number of aromatic nitrogens is 1. The number of rotatable bonds is 10. The van der Waals surface area contributed by atoms with Crippen LogP contribution in [-0.4, -0.2) is 60.7 Å². The molecule has 4 rings (SSSR count). The van der Waals surface area contributed by atoms with Crippen molar-refractivity contribution < 1.29 is 14.6 Å². The van der Waals surface area contributed by atoms with Crippen molar-refractivity contribution in [2.75, 3.05) is 60.7 Å². The lowest BCUT2D eigenvalue weighted by molar-refractivity contribution is -0.111. The van der Waals surface area contributed by atoms with Crippen LogP contribution >= 0.6 is 0 Å². The van der Waals surface area contributed by atoms with Crippen LogP contribution in [0.1, 0.15) is 18.1 Å². The van der Waals surface area contributed by atoms with Gasteiger partial charge in [0.25, 0.3) is 0 Å². The van der Waals surface area contributed by atoms with Crippen LogP contribution in [0.3, 0.4) is 0 Å². The lowest BCUT2D eigenvalue weighted by Crippen LogP contribution is -2.46. The number of carbonyl (C=O) groups excluding carboxylic acids is 1. The molecular formula is C29H33N7O3. The molecule has 1 aromatic heterocycles. The van der Waals surface area contributed by atoms with E-state index in [4.69, 9.17) is 4.74 Å². The molecule has 1 fully saturated rings. The topological polar surface area (TPSA) is 126 Å². The molecule has 1 amide bonds. The SMILES string of the molecule is C=CC(=O)Nc1cc(N2CCN(CC)CC2)ccc1Nc1cc(NCc2ccc(O)c(OC)c2)c(C#N)cn1.